The number of benzene rings is 2. The molecule has 2 atom stereocenters. The van der Waals surface area contributed by atoms with Crippen LogP contribution in [-0.4, -0.2) is 30.1 Å². The van der Waals surface area contributed by atoms with Crippen molar-refractivity contribution in [1.82, 2.24) is 4.90 Å². The molecule has 1 aliphatic carbocycles. The maximum Gasteiger partial charge on any atom is 0.165 e. The van der Waals surface area contributed by atoms with Gasteiger partial charge in [0.05, 0.1) is 0 Å². The van der Waals surface area contributed by atoms with Crippen LogP contribution in [0.4, 0.5) is 4.39 Å². The average molecular weight is 352 g/mol. The highest BCUT2D eigenvalue weighted by Gasteiger charge is 2.35. The Labute approximate surface area is 135 Å². The summed E-state index contributed by atoms with van der Waals surface area (Å²) in [6.07, 6.45) is 0.805. The summed E-state index contributed by atoms with van der Waals surface area (Å²) in [5.41, 5.74) is 3.23. The number of hydrogen-bond acceptors (Lipinski definition) is 2. The number of hydrogen-bond donors (Lipinski definition) is 1. The lowest BCUT2D eigenvalue weighted by atomic mass is 9.89. The Morgan fingerprint density at radius 1 is 1.14 bits per heavy atom. The van der Waals surface area contributed by atoms with Crippen molar-refractivity contribution in [2.45, 2.75) is 18.4 Å². The van der Waals surface area contributed by atoms with Crippen molar-refractivity contribution in [2.24, 2.45) is 0 Å². The van der Waals surface area contributed by atoms with E-state index in [1.54, 1.807) is 6.07 Å². The van der Waals surface area contributed by atoms with Crippen LogP contribution in [-0.2, 0) is 6.42 Å². The average Bonchev–Trinajstić information content (AvgIpc) is 2.79. The fourth-order valence-corrected chi connectivity index (χ4v) is 3.18. The largest absolute Gasteiger partial charge is 0.505 e. The number of nitrogens with zero attached hydrogens (tertiary/aromatic N) is 1. The fourth-order valence-electron chi connectivity index (χ4n) is 3.18. The van der Waals surface area contributed by atoms with E-state index in [0.717, 1.165) is 17.5 Å². The Bertz CT molecular complexity index is 630. The molecule has 0 saturated carbocycles. The zero-order chi connectivity index (χ0) is 14.3. The van der Waals surface area contributed by atoms with Gasteiger partial charge in [0.2, 0.25) is 0 Å². The lowest BCUT2D eigenvalue weighted by molar-refractivity contribution is 0.283. The molecule has 0 spiro atoms. The van der Waals surface area contributed by atoms with Gasteiger partial charge in [-0.25, -0.2) is 4.39 Å². The van der Waals surface area contributed by atoms with Crippen molar-refractivity contribution in [3.8, 4) is 5.75 Å². The number of phenolic OH excluding ortho intramolecular Hbond substituents is 1. The molecule has 1 N–H and O–H groups in total. The van der Waals surface area contributed by atoms with E-state index in [4.69, 9.17) is 0 Å². The monoisotopic (exact) mass is 351 g/mol. The molecule has 21 heavy (non-hydrogen) atoms. The van der Waals surface area contributed by atoms with E-state index in [0.29, 0.717) is 0 Å². The summed E-state index contributed by atoms with van der Waals surface area (Å²) in [6, 6.07) is 13.6. The minimum absolute atomic E-state index is 0. The smallest absolute Gasteiger partial charge is 0.165 e. The minimum Gasteiger partial charge on any atom is -0.505 e. The van der Waals surface area contributed by atoms with Crippen LogP contribution in [0.3, 0.4) is 0 Å². The van der Waals surface area contributed by atoms with E-state index in [-0.39, 0.29) is 34.7 Å². The molecule has 0 fully saturated rings. The zero-order valence-electron chi connectivity index (χ0n) is 12.1. The van der Waals surface area contributed by atoms with Crippen molar-refractivity contribution in [2.75, 3.05) is 14.1 Å². The van der Waals surface area contributed by atoms with Crippen LogP contribution in [0.1, 0.15) is 22.6 Å². The van der Waals surface area contributed by atoms with Gasteiger partial charge in [-0.1, -0.05) is 30.3 Å². The van der Waals surface area contributed by atoms with Crippen molar-refractivity contribution in [3.63, 3.8) is 0 Å². The number of halogens is 2. The summed E-state index contributed by atoms with van der Waals surface area (Å²) in [7, 11) is 4.09. The second-order valence-corrected chi connectivity index (χ2v) is 5.63. The molecule has 0 bridgehead atoms. The van der Waals surface area contributed by atoms with E-state index in [2.05, 4.69) is 17.0 Å². The van der Waals surface area contributed by atoms with Crippen LogP contribution >= 0.6 is 17.0 Å². The Morgan fingerprint density at radius 3 is 2.43 bits per heavy atom. The molecular weight excluding hydrogens is 333 g/mol. The molecule has 0 aliphatic heterocycles. The zero-order valence-corrected chi connectivity index (χ0v) is 13.8. The summed E-state index contributed by atoms with van der Waals surface area (Å²) in [4.78, 5) is 2.17. The number of rotatable bonds is 2. The van der Waals surface area contributed by atoms with Gasteiger partial charge in [-0.3, -0.25) is 0 Å². The standard InChI is InChI=1S/C17H18FNO.BrH/c1-19(2)15-9-12-8-14(18)16(20)10-13(12)17(15)11-6-4-3-5-7-11;/h3-8,10,15,17,20H,9H2,1-2H3;1H/t15-,17-;/m1./s1. The molecule has 0 aromatic heterocycles. The molecule has 2 aromatic rings. The van der Waals surface area contributed by atoms with Gasteiger partial charge in [0.15, 0.2) is 11.6 Å². The fraction of sp³-hybridized carbons (Fsp3) is 0.294. The summed E-state index contributed by atoms with van der Waals surface area (Å²) >= 11 is 0. The van der Waals surface area contributed by atoms with Gasteiger partial charge in [-0.2, -0.15) is 0 Å². The Balaban J connectivity index is 0.00000161. The molecule has 3 rings (SSSR count). The number of phenols is 1. The summed E-state index contributed by atoms with van der Waals surface area (Å²) in [5.74, 6) is -0.619. The van der Waals surface area contributed by atoms with E-state index < -0.39 is 5.82 Å². The molecule has 4 heteroatoms. The van der Waals surface area contributed by atoms with Gasteiger partial charge >= 0.3 is 0 Å². The molecule has 0 heterocycles. The van der Waals surface area contributed by atoms with Gasteiger partial charge in [-0.05, 0) is 49.3 Å². The highest BCUT2D eigenvalue weighted by molar-refractivity contribution is 8.93. The van der Waals surface area contributed by atoms with E-state index in [1.807, 2.05) is 32.3 Å². The first-order chi connectivity index (χ1) is 9.58. The molecule has 2 aromatic carbocycles. The first-order valence-electron chi connectivity index (χ1n) is 6.80. The molecule has 0 saturated heterocycles. The second kappa shape index (κ2) is 6.16. The normalized spacial score (nSPS) is 20.2. The molecule has 0 amide bonds. The SMILES string of the molecule is Br.CN(C)[C@@H]1Cc2cc(F)c(O)cc2[C@H]1c1ccccc1. The van der Waals surface area contributed by atoms with Crippen LogP contribution in [0.25, 0.3) is 0 Å². The van der Waals surface area contributed by atoms with Crippen LogP contribution in [0.15, 0.2) is 42.5 Å². The Morgan fingerprint density at radius 2 is 1.81 bits per heavy atom. The van der Waals surface area contributed by atoms with Gasteiger partial charge in [-0.15, -0.1) is 17.0 Å². The maximum absolute atomic E-state index is 13.6. The minimum atomic E-state index is -0.532. The lowest BCUT2D eigenvalue weighted by Gasteiger charge is -2.27. The van der Waals surface area contributed by atoms with Crippen LogP contribution in [0.2, 0.25) is 0 Å². The third-order valence-corrected chi connectivity index (χ3v) is 4.18. The summed E-state index contributed by atoms with van der Waals surface area (Å²) in [5, 5.41) is 9.68. The number of likely N-dealkylation sites (N-methyl/N-ethyl adjacent to an activating group) is 1. The van der Waals surface area contributed by atoms with Crippen molar-refractivity contribution in [1.29, 1.82) is 0 Å². The second-order valence-electron chi connectivity index (χ2n) is 5.63. The third-order valence-electron chi connectivity index (χ3n) is 4.18. The van der Waals surface area contributed by atoms with Gasteiger partial charge in [0, 0.05) is 12.0 Å². The molecule has 0 unspecified atom stereocenters. The lowest BCUT2D eigenvalue weighted by Crippen LogP contribution is -2.32. The van der Waals surface area contributed by atoms with Gasteiger partial charge in [0.25, 0.3) is 0 Å². The van der Waals surface area contributed by atoms with E-state index in [9.17, 15) is 9.50 Å². The molecular formula is C17H19BrFNO. The maximum atomic E-state index is 13.6. The number of fused-ring (bicyclic) bond motifs is 1. The molecule has 0 radical (unpaired) electrons. The highest BCUT2D eigenvalue weighted by atomic mass is 79.9. The third kappa shape index (κ3) is 2.83. The highest BCUT2D eigenvalue weighted by Crippen LogP contribution is 2.42. The Kier molecular flexibility index (Phi) is 4.69. The van der Waals surface area contributed by atoms with Gasteiger partial charge in [0.1, 0.15) is 0 Å². The van der Waals surface area contributed by atoms with E-state index in [1.165, 1.54) is 11.6 Å². The topological polar surface area (TPSA) is 23.5 Å². The molecule has 2 nitrogen and oxygen atoms in total. The molecule has 112 valence electrons. The number of aromatic hydroxyl groups is 1. The predicted octanol–water partition coefficient (Wildman–Crippen LogP) is 3.73. The predicted molar refractivity (Wildman–Crippen MR) is 87.9 cm³/mol. The van der Waals surface area contributed by atoms with Crippen molar-refractivity contribution < 1.29 is 9.50 Å². The van der Waals surface area contributed by atoms with Crippen molar-refractivity contribution >= 4 is 17.0 Å². The quantitative estimate of drug-likeness (QED) is 0.890. The van der Waals surface area contributed by atoms with E-state index >= 15 is 0 Å². The summed E-state index contributed by atoms with van der Waals surface area (Å²) in [6.45, 7) is 0. The van der Waals surface area contributed by atoms with Gasteiger partial charge < -0.3 is 10.0 Å². The molecule has 1 aliphatic rings. The van der Waals surface area contributed by atoms with Crippen molar-refractivity contribution in [3.05, 3.63) is 65.0 Å². The van der Waals surface area contributed by atoms with Crippen LogP contribution < -0.4 is 0 Å². The summed E-state index contributed by atoms with van der Waals surface area (Å²) < 4.78 is 13.6. The first kappa shape index (κ1) is 16.0. The van der Waals surface area contributed by atoms with Crippen LogP contribution in [0.5, 0.6) is 5.75 Å². The van der Waals surface area contributed by atoms with Crippen LogP contribution in [0, 0.1) is 5.82 Å². The first-order valence-corrected chi connectivity index (χ1v) is 6.80. The Hall–Kier alpha value is -1.39.